The smallest absolute Gasteiger partial charge is 0.268 e. The van der Waals surface area contributed by atoms with E-state index >= 15 is 0 Å². The molecule has 2 heterocycles. The summed E-state index contributed by atoms with van der Waals surface area (Å²) < 4.78 is 39.4. The first-order valence-corrected chi connectivity index (χ1v) is 14.5. The zero-order chi connectivity index (χ0) is 30.4. The lowest BCUT2D eigenvalue weighted by Gasteiger charge is -2.24. The highest BCUT2D eigenvalue weighted by Crippen LogP contribution is 2.45. The number of hydrogen-bond acceptors (Lipinski definition) is 7. The normalized spacial score (nSPS) is 14.5. The number of rotatable bonds is 13. The van der Waals surface area contributed by atoms with Crippen LogP contribution in [0.4, 0.5) is 8.78 Å². The predicted octanol–water partition coefficient (Wildman–Crippen LogP) is 7.98. The summed E-state index contributed by atoms with van der Waals surface area (Å²) in [6.45, 7) is 8.85. The zero-order valence-corrected chi connectivity index (χ0v) is 25.7. The van der Waals surface area contributed by atoms with Crippen LogP contribution in [0.25, 0.3) is 17.1 Å². The third-order valence-electron chi connectivity index (χ3n) is 7.42. The molecular weight excluding hydrogens is 536 g/mol. The Bertz CT molecular complexity index is 1440. The number of hydrogen-bond donors (Lipinski definition) is 0. The SMILES string of the molecule is CCCc1nc(OC)c(-c2nccc(OCc3ccc(C(=C(C)CC)N(C)/C=C(\C)C(C)(F)F)cc3)n2)c(C2CC2)n1. The summed E-state index contributed by atoms with van der Waals surface area (Å²) in [5, 5.41) is 0. The molecule has 0 saturated heterocycles. The first-order chi connectivity index (χ1) is 20.0. The molecule has 224 valence electrons. The average molecular weight is 578 g/mol. The molecule has 0 unspecified atom stereocenters. The highest BCUT2D eigenvalue weighted by atomic mass is 19.3. The van der Waals surface area contributed by atoms with Crippen LogP contribution in [0.15, 0.2) is 53.9 Å². The second kappa shape index (κ2) is 13.4. The van der Waals surface area contributed by atoms with Gasteiger partial charge in [-0.15, -0.1) is 0 Å². The quantitative estimate of drug-likeness (QED) is 0.204. The third kappa shape index (κ3) is 7.49. The molecule has 0 spiro atoms. The van der Waals surface area contributed by atoms with Gasteiger partial charge in [-0.2, -0.15) is 9.97 Å². The number of halogens is 2. The van der Waals surface area contributed by atoms with Crippen molar-refractivity contribution in [2.45, 2.75) is 85.2 Å². The molecule has 1 aliphatic carbocycles. The maximum Gasteiger partial charge on any atom is 0.268 e. The molecule has 9 heteroatoms. The molecule has 0 atom stereocenters. The first-order valence-electron chi connectivity index (χ1n) is 14.5. The Kier molecular flexibility index (Phi) is 9.91. The molecule has 4 rings (SSSR count). The monoisotopic (exact) mass is 577 g/mol. The minimum Gasteiger partial charge on any atom is -0.480 e. The van der Waals surface area contributed by atoms with E-state index in [0.29, 0.717) is 30.1 Å². The van der Waals surface area contributed by atoms with Crippen molar-refractivity contribution < 1.29 is 18.3 Å². The van der Waals surface area contributed by atoms with E-state index in [1.165, 1.54) is 13.1 Å². The van der Waals surface area contributed by atoms with Crippen LogP contribution in [0, 0.1) is 0 Å². The Labute approximate surface area is 247 Å². The fraction of sp³-hybridized carbons (Fsp3) is 0.455. The molecule has 42 heavy (non-hydrogen) atoms. The number of alkyl halides is 2. The van der Waals surface area contributed by atoms with Gasteiger partial charge in [0.05, 0.1) is 12.8 Å². The molecule has 0 amide bonds. The van der Waals surface area contributed by atoms with Crippen LogP contribution in [0.1, 0.15) is 88.9 Å². The summed E-state index contributed by atoms with van der Waals surface area (Å²) in [6.07, 6.45) is 7.88. The predicted molar refractivity (Wildman–Crippen MR) is 161 cm³/mol. The van der Waals surface area contributed by atoms with E-state index in [4.69, 9.17) is 14.5 Å². The average Bonchev–Trinajstić information content (AvgIpc) is 3.82. The topological polar surface area (TPSA) is 73.3 Å². The summed E-state index contributed by atoms with van der Waals surface area (Å²) in [5.41, 5.74) is 5.58. The van der Waals surface area contributed by atoms with Gasteiger partial charge in [0.2, 0.25) is 11.8 Å². The minimum absolute atomic E-state index is 0.00554. The van der Waals surface area contributed by atoms with Crippen molar-refractivity contribution in [2.24, 2.45) is 0 Å². The van der Waals surface area contributed by atoms with Gasteiger partial charge in [-0.05, 0) is 56.2 Å². The number of aryl methyl sites for hydroxylation is 1. The summed E-state index contributed by atoms with van der Waals surface area (Å²) >= 11 is 0. The Morgan fingerprint density at radius 2 is 1.79 bits per heavy atom. The second-order valence-electron chi connectivity index (χ2n) is 10.9. The van der Waals surface area contributed by atoms with Crippen molar-refractivity contribution in [1.29, 1.82) is 0 Å². The van der Waals surface area contributed by atoms with Crippen molar-refractivity contribution in [2.75, 3.05) is 14.2 Å². The van der Waals surface area contributed by atoms with Crippen molar-refractivity contribution in [1.82, 2.24) is 24.8 Å². The van der Waals surface area contributed by atoms with Crippen LogP contribution in [-0.2, 0) is 13.0 Å². The van der Waals surface area contributed by atoms with E-state index in [-0.39, 0.29) is 5.57 Å². The van der Waals surface area contributed by atoms with Crippen LogP contribution in [0.3, 0.4) is 0 Å². The van der Waals surface area contributed by atoms with E-state index in [1.54, 1.807) is 31.3 Å². The van der Waals surface area contributed by atoms with Gasteiger partial charge < -0.3 is 14.4 Å². The lowest BCUT2D eigenvalue weighted by Crippen LogP contribution is -2.18. The molecule has 0 bridgehead atoms. The minimum atomic E-state index is -2.88. The summed E-state index contributed by atoms with van der Waals surface area (Å²) in [6, 6.07) is 9.67. The molecule has 0 N–H and O–H groups in total. The van der Waals surface area contributed by atoms with Gasteiger partial charge in [-0.3, -0.25) is 0 Å². The van der Waals surface area contributed by atoms with Gasteiger partial charge in [0.15, 0.2) is 5.82 Å². The number of ether oxygens (including phenoxy) is 2. The van der Waals surface area contributed by atoms with Gasteiger partial charge in [0, 0.05) is 56.0 Å². The molecule has 1 aliphatic rings. The fourth-order valence-corrected chi connectivity index (χ4v) is 4.69. The molecule has 0 radical (unpaired) electrons. The molecule has 2 aromatic heterocycles. The Balaban J connectivity index is 1.54. The maximum absolute atomic E-state index is 13.8. The van der Waals surface area contributed by atoms with E-state index < -0.39 is 5.92 Å². The molecule has 1 fully saturated rings. The number of aromatic nitrogens is 4. The van der Waals surface area contributed by atoms with Crippen LogP contribution < -0.4 is 9.47 Å². The van der Waals surface area contributed by atoms with Crippen molar-refractivity contribution in [3.05, 3.63) is 76.5 Å². The van der Waals surface area contributed by atoms with Gasteiger partial charge in [-0.1, -0.05) is 38.1 Å². The number of nitrogens with zero attached hydrogens (tertiary/aromatic N) is 5. The largest absolute Gasteiger partial charge is 0.480 e. The number of allylic oxidation sites excluding steroid dienone is 2. The van der Waals surface area contributed by atoms with Crippen LogP contribution in [0.5, 0.6) is 11.8 Å². The van der Waals surface area contributed by atoms with Crippen molar-refractivity contribution in [3.8, 4) is 23.1 Å². The van der Waals surface area contributed by atoms with Crippen LogP contribution >= 0.6 is 0 Å². The fourth-order valence-electron chi connectivity index (χ4n) is 4.69. The molecule has 1 aromatic carbocycles. The third-order valence-corrected chi connectivity index (χ3v) is 7.42. The second-order valence-corrected chi connectivity index (χ2v) is 10.9. The zero-order valence-electron chi connectivity index (χ0n) is 25.7. The summed E-state index contributed by atoms with van der Waals surface area (Å²) in [4.78, 5) is 20.5. The molecule has 0 aliphatic heterocycles. The molecular formula is C33H41F2N5O2. The van der Waals surface area contributed by atoms with Crippen LogP contribution in [-0.4, -0.2) is 44.9 Å². The molecule has 1 saturated carbocycles. The van der Waals surface area contributed by atoms with Gasteiger partial charge in [0.1, 0.15) is 18.0 Å². The molecule has 3 aromatic rings. The Morgan fingerprint density at radius 3 is 2.38 bits per heavy atom. The Hall–Kier alpha value is -3.88. The number of benzene rings is 1. The maximum atomic E-state index is 13.8. The first kappa shape index (κ1) is 31.1. The van der Waals surface area contributed by atoms with E-state index in [1.807, 2.05) is 31.2 Å². The highest BCUT2D eigenvalue weighted by molar-refractivity contribution is 5.68. The van der Waals surface area contributed by atoms with E-state index in [0.717, 1.165) is 78.5 Å². The van der Waals surface area contributed by atoms with Crippen molar-refractivity contribution in [3.63, 3.8) is 0 Å². The lowest BCUT2D eigenvalue weighted by molar-refractivity contribution is 0.0622. The summed E-state index contributed by atoms with van der Waals surface area (Å²) in [7, 11) is 3.42. The van der Waals surface area contributed by atoms with Gasteiger partial charge in [-0.25, -0.2) is 18.7 Å². The number of methoxy groups -OCH3 is 1. The van der Waals surface area contributed by atoms with E-state index in [2.05, 4.69) is 28.8 Å². The Morgan fingerprint density at radius 1 is 1.07 bits per heavy atom. The van der Waals surface area contributed by atoms with Gasteiger partial charge >= 0.3 is 0 Å². The lowest BCUT2D eigenvalue weighted by atomic mass is 10.0. The van der Waals surface area contributed by atoms with Crippen molar-refractivity contribution >= 4 is 5.70 Å². The highest BCUT2D eigenvalue weighted by Gasteiger charge is 2.32. The molecule has 7 nitrogen and oxygen atoms in total. The summed E-state index contributed by atoms with van der Waals surface area (Å²) in [5.74, 6) is -0.313. The standard InChI is InChI=1S/C33H41F2N5O2/c1-8-10-26-37-29(24-15-16-24)28(32(38-26)41-7)31-36-18-17-27(39-31)42-20-23-11-13-25(14-12-23)30(21(3)9-2)40(6)19-22(4)33(5,34)35/h11-14,17-19,24H,8-10,15-16,20H2,1-7H3/b22-19+,30-21?. The van der Waals surface area contributed by atoms with Crippen LogP contribution in [0.2, 0.25) is 0 Å². The van der Waals surface area contributed by atoms with E-state index in [9.17, 15) is 8.78 Å². The van der Waals surface area contributed by atoms with Gasteiger partial charge in [0.25, 0.3) is 5.92 Å².